The predicted octanol–water partition coefficient (Wildman–Crippen LogP) is 4.78. The lowest BCUT2D eigenvalue weighted by Crippen LogP contribution is -2.12. The lowest BCUT2D eigenvalue weighted by atomic mass is 10.1. The van der Waals surface area contributed by atoms with Gasteiger partial charge in [0, 0.05) is 23.1 Å². The number of anilines is 1. The summed E-state index contributed by atoms with van der Waals surface area (Å²) in [5.41, 5.74) is 1.72. The summed E-state index contributed by atoms with van der Waals surface area (Å²) in [5.74, 6) is 0.978. The molecule has 1 heterocycles. The molecule has 0 saturated heterocycles. The van der Waals surface area contributed by atoms with Gasteiger partial charge in [-0.3, -0.25) is 10.1 Å². The lowest BCUT2D eigenvalue weighted by molar-refractivity contribution is 0.102. The largest absolute Gasteiger partial charge is 0.490 e. The molecule has 1 N–H and O–H groups in total. The van der Waals surface area contributed by atoms with E-state index in [1.807, 2.05) is 32.0 Å². The Morgan fingerprint density at radius 2 is 1.78 bits per heavy atom. The summed E-state index contributed by atoms with van der Waals surface area (Å²) in [6, 6.07) is 15.4. The molecule has 0 saturated carbocycles. The van der Waals surface area contributed by atoms with Gasteiger partial charge in [-0.25, -0.2) is 4.98 Å². The fourth-order valence-corrected chi connectivity index (χ4v) is 3.45. The molecule has 27 heavy (non-hydrogen) atoms. The fraction of sp³-hybridized carbons (Fsp3) is 0.238. The smallest absolute Gasteiger partial charge is 0.257 e. The molecule has 0 aliphatic carbocycles. The van der Waals surface area contributed by atoms with Crippen molar-refractivity contribution in [2.24, 2.45) is 0 Å². The summed E-state index contributed by atoms with van der Waals surface area (Å²) in [5, 5.41) is 3.44. The van der Waals surface area contributed by atoms with Crippen molar-refractivity contribution in [3.05, 3.63) is 70.7 Å². The molecule has 0 radical (unpaired) electrons. The van der Waals surface area contributed by atoms with E-state index in [2.05, 4.69) is 22.4 Å². The second-order valence-corrected chi connectivity index (χ2v) is 6.89. The Balaban J connectivity index is 1.69. The topological polar surface area (TPSA) is 60.5 Å². The van der Waals surface area contributed by atoms with Gasteiger partial charge in [-0.2, -0.15) is 0 Å². The first kappa shape index (κ1) is 18.9. The van der Waals surface area contributed by atoms with Crippen LogP contribution in [0.5, 0.6) is 11.5 Å². The Kier molecular flexibility index (Phi) is 6.44. The van der Waals surface area contributed by atoms with E-state index >= 15 is 0 Å². The number of hydrogen-bond acceptors (Lipinski definition) is 5. The van der Waals surface area contributed by atoms with Gasteiger partial charge in [0.25, 0.3) is 5.91 Å². The van der Waals surface area contributed by atoms with Gasteiger partial charge in [-0.1, -0.05) is 30.3 Å². The van der Waals surface area contributed by atoms with Crippen LogP contribution < -0.4 is 14.8 Å². The number of benzene rings is 2. The molecule has 1 aromatic heterocycles. The SMILES string of the molecule is CCOc1ccc(C(=O)Nc2ncc(Cc3ccccc3)s2)cc1OCC. The molecule has 0 bridgehead atoms. The number of carbonyl (C=O) groups is 1. The molecule has 0 unspecified atom stereocenters. The molecular weight excluding hydrogens is 360 g/mol. The van der Waals surface area contributed by atoms with Gasteiger partial charge in [0.1, 0.15) is 0 Å². The molecule has 0 spiro atoms. The average molecular weight is 382 g/mol. The highest BCUT2D eigenvalue weighted by Gasteiger charge is 2.13. The summed E-state index contributed by atoms with van der Waals surface area (Å²) in [7, 11) is 0. The molecule has 3 aromatic rings. The summed E-state index contributed by atoms with van der Waals surface area (Å²) >= 11 is 1.48. The van der Waals surface area contributed by atoms with Crippen molar-refractivity contribution in [2.45, 2.75) is 20.3 Å². The van der Waals surface area contributed by atoms with Crippen LogP contribution >= 0.6 is 11.3 Å². The van der Waals surface area contributed by atoms with Crippen LogP contribution in [0.25, 0.3) is 0 Å². The number of rotatable bonds is 8. The van der Waals surface area contributed by atoms with E-state index in [0.29, 0.717) is 35.4 Å². The molecule has 3 rings (SSSR count). The zero-order valence-corrected chi connectivity index (χ0v) is 16.2. The van der Waals surface area contributed by atoms with Crippen molar-refractivity contribution < 1.29 is 14.3 Å². The maximum absolute atomic E-state index is 12.6. The number of carbonyl (C=O) groups excluding carboxylic acids is 1. The van der Waals surface area contributed by atoms with E-state index in [4.69, 9.17) is 9.47 Å². The first-order chi connectivity index (χ1) is 13.2. The summed E-state index contributed by atoms with van der Waals surface area (Å²) in [6.07, 6.45) is 2.60. The summed E-state index contributed by atoms with van der Waals surface area (Å²) in [6.45, 7) is 4.84. The highest BCUT2D eigenvalue weighted by molar-refractivity contribution is 7.15. The number of nitrogens with one attached hydrogen (secondary N) is 1. The molecule has 0 aliphatic rings. The van der Waals surface area contributed by atoms with Gasteiger partial charge in [0.2, 0.25) is 0 Å². The fourth-order valence-electron chi connectivity index (χ4n) is 2.61. The summed E-state index contributed by atoms with van der Waals surface area (Å²) in [4.78, 5) is 18.0. The lowest BCUT2D eigenvalue weighted by Gasteiger charge is -2.12. The average Bonchev–Trinajstić information content (AvgIpc) is 3.11. The number of aromatic nitrogens is 1. The Bertz CT molecular complexity index is 893. The number of amides is 1. The zero-order valence-electron chi connectivity index (χ0n) is 15.4. The molecule has 0 atom stereocenters. The second kappa shape index (κ2) is 9.19. The van der Waals surface area contributed by atoms with Crippen molar-refractivity contribution in [1.82, 2.24) is 4.98 Å². The third-order valence-corrected chi connectivity index (χ3v) is 4.71. The Morgan fingerprint density at radius 1 is 1.04 bits per heavy atom. The molecular formula is C21H22N2O3S. The third kappa shape index (κ3) is 5.08. The quantitative estimate of drug-likeness (QED) is 0.609. The second-order valence-electron chi connectivity index (χ2n) is 5.78. The van der Waals surface area contributed by atoms with Gasteiger partial charge < -0.3 is 9.47 Å². The molecule has 2 aromatic carbocycles. The van der Waals surface area contributed by atoms with E-state index in [1.165, 1.54) is 16.9 Å². The summed E-state index contributed by atoms with van der Waals surface area (Å²) < 4.78 is 11.1. The minimum absolute atomic E-state index is 0.223. The Labute approximate surface area is 163 Å². The standard InChI is InChI=1S/C21H22N2O3S/c1-3-25-18-11-10-16(13-19(18)26-4-2)20(24)23-21-22-14-17(27-21)12-15-8-6-5-7-9-15/h5-11,13-14H,3-4,12H2,1-2H3,(H,22,23,24). The van der Waals surface area contributed by atoms with Crippen LogP contribution in [-0.4, -0.2) is 24.1 Å². The Hall–Kier alpha value is -2.86. The number of hydrogen-bond donors (Lipinski definition) is 1. The highest BCUT2D eigenvalue weighted by atomic mass is 32.1. The van der Waals surface area contributed by atoms with Crippen LogP contribution in [0, 0.1) is 0 Å². The zero-order chi connectivity index (χ0) is 19.1. The van der Waals surface area contributed by atoms with Crippen LogP contribution in [-0.2, 0) is 6.42 Å². The van der Waals surface area contributed by atoms with E-state index in [1.54, 1.807) is 24.4 Å². The van der Waals surface area contributed by atoms with Gasteiger partial charge >= 0.3 is 0 Å². The van der Waals surface area contributed by atoms with Crippen molar-refractivity contribution in [1.29, 1.82) is 0 Å². The van der Waals surface area contributed by atoms with Gasteiger partial charge in [0.05, 0.1) is 13.2 Å². The van der Waals surface area contributed by atoms with Crippen LogP contribution in [0.3, 0.4) is 0 Å². The molecule has 140 valence electrons. The molecule has 1 amide bonds. The highest BCUT2D eigenvalue weighted by Crippen LogP contribution is 2.29. The molecule has 0 fully saturated rings. The normalized spacial score (nSPS) is 10.4. The maximum atomic E-state index is 12.6. The predicted molar refractivity (Wildman–Crippen MR) is 108 cm³/mol. The first-order valence-corrected chi connectivity index (χ1v) is 9.70. The van der Waals surface area contributed by atoms with Gasteiger partial charge in [0.15, 0.2) is 16.6 Å². The van der Waals surface area contributed by atoms with Crippen molar-refractivity contribution >= 4 is 22.4 Å². The van der Waals surface area contributed by atoms with Crippen molar-refractivity contribution in [3.8, 4) is 11.5 Å². The van der Waals surface area contributed by atoms with Gasteiger partial charge in [-0.05, 0) is 37.6 Å². The minimum atomic E-state index is -0.223. The van der Waals surface area contributed by atoms with E-state index < -0.39 is 0 Å². The number of ether oxygens (including phenoxy) is 2. The van der Waals surface area contributed by atoms with Crippen molar-refractivity contribution in [2.75, 3.05) is 18.5 Å². The monoisotopic (exact) mass is 382 g/mol. The van der Waals surface area contributed by atoms with E-state index in [9.17, 15) is 4.79 Å². The van der Waals surface area contributed by atoms with Crippen LogP contribution in [0.1, 0.15) is 34.6 Å². The van der Waals surface area contributed by atoms with E-state index in [-0.39, 0.29) is 5.91 Å². The van der Waals surface area contributed by atoms with E-state index in [0.717, 1.165) is 11.3 Å². The van der Waals surface area contributed by atoms with Crippen molar-refractivity contribution in [3.63, 3.8) is 0 Å². The number of nitrogens with zero attached hydrogens (tertiary/aromatic N) is 1. The van der Waals surface area contributed by atoms with Crippen LogP contribution in [0.2, 0.25) is 0 Å². The maximum Gasteiger partial charge on any atom is 0.257 e. The van der Waals surface area contributed by atoms with Crippen LogP contribution in [0.4, 0.5) is 5.13 Å². The van der Waals surface area contributed by atoms with Crippen LogP contribution in [0.15, 0.2) is 54.7 Å². The first-order valence-electron chi connectivity index (χ1n) is 8.89. The third-order valence-electron chi connectivity index (χ3n) is 3.80. The minimum Gasteiger partial charge on any atom is -0.490 e. The Morgan fingerprint density at radius 3 is 2.52 bits per heavy atom. The van der Waals surface area contributed by atoms with Gasteiger partial charge in [-0.15, -0.1) is 11.3 Å². The molecule has 0 aliphatic heterocycles. The molecule has 5 nitrogen and oxygen atoms in total. The number of thiazole rings is 1. The molecule has 6 heteroatoms.